The molecule has 11 heavy (non-hydrogen) atoms. The van der Waals surface area contributed by atoms with Crippen LogP contribution in [0.15, 0.2) is 0 Å². The van der Waals surface area contributed by atoms with Crippen LogP contribution < -0.4 is 0 Å². The van der Waals surface area contributed by atoms with Gasteiger partial charge in [-0.2, -0.15) is 0 Å². The van der Waals surface area contributed by atoms with Crippen LogP contribution in [0.1, 0.15) is 33.6 Å². The molecule has 1 fully saturated rings. The van der Waals surface area contributed by atoms with Crippen molar-refractivity contribution >= 4 is 0 Å². The number of rotatable bonds is 2. The maximum Gasteiger partial charge on any atom is 0.109 e. The number of aliphatic hydroxyl groups is 1. The van der Waals surface area contributed by atoms with E-state index in [0.29, 0.717) is 12.8 Å². The predicted octanol–water partition coefficient (Wildman–Crippen LogP) is 2.14. The van der Waals surface area contributed by atoms with Crippen molar-refractivity contribution in [3.8, 4) is 0 Å². The summed E-state index contributed by atoms with van der Waals surface area (Å²) in [6, 6.07) is 0. The summed E-state index contributed by atoms with van der Waals surface area (Å²) in [5.41, 5.74) is -0.999. The van der Waals surface area contributed by atoms with E-state index in [1.54, 1.807) is 6.92 Å². The zero-order valence-corrected chi connectivity index (χ0v) is 7.47. The van der Waals surface area contributed by atoms with E-state index >= 15 is 0 Å². The van der Waals surface area contributed by atoms with E-state index in [1.165, 1.54) is 0 Å². The SMILES string of the molecule is CC(C)C(O)C1CC(C)(F)C1. The third-order valence-corrected chi connectivity index (χ3v) is 2.54. The maximum absolute atomic E-state index is 13.0. The van der Waals surface area contributed by atoms with Gasteiger partial charge in [0, 0.05) is 0 Å². The molecule has 0 bridgehead atoms. The van der Waals surface area contributed by atoms with Gasteiger partial charge in [-0.3, -0.25) is 0 Å². The van der Waals surface area contributed by atoms with E-state index in [1.807, 2.05) is 13.8 Å². The average Bonchev–Trinajstić information content (AvgIpc) is 1.80. The van der Waals surface area contributed by atoms with Gasteiger partial charge in [0.25, 0.3) is 0 Å². The van der Waals surface area contributed by atoms with Crippen molar-refractivity contribution in [1.82, 2.24) is 0 Å². The van der Waals surface area contributed by atoms with Gasteiger partial charge in [0.05, 0.1) is 6.10 Å². The topological polar surface area (TPSA) is 20.2 Å². The van der Waals surface area contributed by atoms with Gasteiger partial charge in [-0.1, -0.05) is 13.8 Å². The lowest BCUT2D eigenvalue weighted by Gasteiger charge is -2.42. The fourth-order valence-corrected chi connectivity index (χ4v) is 1.82. The molecule has 0 saturated heterocycles. The molecule has 0 aliphatic heterocycles. The molecule has 66 valence electrons. The second-order valence-electron chi connectivity index (χ2n) is 4.32. The molecule has 0 aromatic carbocycles. The van der Waals surface area contributed by atoms with Gasteiger partial charge < -0.3 is 5.11 Å². The standard InChI is InChI=1S/C9H17FO/c1-6(2)8(11)7-4-9(3,10)5-7/h6-8,11H,4-5H2,1-3H3. The van der Waals surface area contributed by atoms with Gasteiger partial charge in [-0.15, -0.1) is 0 Å². The summed E-state index contributed by atoms with van der Waals surface area (Å²) in [5.74, 6) is 0.459. The van der Waals surface area contributed by atoms with Gasteiger partial charge in [0.1, 0.15) is 5.67 Å². The van der Waals surface area contributed by atoms with Crippen molar-refractivity contribution in [1.29, 1.82) is 0 Å². The van der Waals surface area contributed by atoms with Gasteiger partial charge in [-0.05, 0) is 31.6 Å². The third-order valence-electron chi connectivity index (χ3n) is 2.54. The molecule has 1 saturated carbocycles. The van der Waals surface area contributed by atoms with Crippen molar-refractivity contribution in [3.05, 3.63) is 0 Å². The highest BCUT2D eigenvalue weighted by atomic mass is 19.1. The molecule has 1 unspecified atom stereocenters. The third kappa shape index (κ3) is 1.92. The summed E-state index contributed by atoms with van der Waals surface area (Å²) in [5, 5.41) is 9.51. The minimum Gasteiger partial charge on any atom is -0.393 e. The molecule has 1 aliphatic carbocycles. The zero-order chi connectivity index (χ0) is 8.65. The molecule has 0 amide bonds. The number of aliphatic hydroxyl groups excluding tert-OH is 1. The van der Waals surface area contributed by atoms with E-state index in [4.69, 9.17) is 0 Å². The minimum atomic E-state index is -0.999. The van der Waals surface area contributed by atoms with Crippen LogP contribution in [0, 0.1) is 11.8 Å². The molecule has 0 heterocycles. The van der Waals surface area contributed by atoms with Crippen molar-refractivity contribution in [2.24, 2.45) is 11.8 Å². The maximum atomic E-state index is 13.0. The summed E-state index contributed by atoms with van der Waals surface area (Å²) in [6.07, 6.45) is 0.762. The molecule has 2 heteroatoms. The Balaban J connectivity index is 2.32. The first-order valence-corrected chi connectivity index (χ1v) is 4.29. The lowest BCUT2D eigenvalue weighted by molar-refractivity contribution is -0.0609. The minimum absolute atomic E-state index is 0.199. The molecular weight excluding hydrogens is 143 g/mol. The Hall–Kier alpha value is -0.110. The second-order valence-corrected chi connectivity index (χ2v) is 4.32. The Kier molecular flexibility index (Phi) is 2.24. The van der Waals surface area contributed by atoms with Crippen molar-refractivity contribution in [2.45, 2.75) is 45.4 Å². The normalized spacial score (nSPS) is 40.4. The molecule has 0 radical (unpaired) electrons. The van der Waals surface area contributed by atoms with Gasteiger partial charge in [0.15, 0.2) is 0 Å². The highest BCUT2D eigenvalue weighted by Crippen LogP contribution is 2.43. The van der Waals surface area contributed by atoms with E-state index in [2.05, 4.69) is 0 Å². The summed E-state index contributed by atoms with van der Waals surface area (Å²) >= 11 is 0. The number of alkyl halides is 1. The van der Waals surface area contributed by atoms with Crippen LogP contribution in [0.2, 0.25) is 0 Å². The number of hydrogen-bond acceptors (Lipinski definition) is 1. The van der Waals surface area contributed by atoms with Crippen LogP contribution in [-0.2, 0) is 0 Å². The monoisotopic (exact) mass is 160 g/mol. The fourth-order valence-electron chi connectivity index (χ4n) is 1.82. The summed E-state index contributed by atoms with van der Waals surface area (Å²) in [6.45, 7) is 5.55. The fraction of sp³-hybridized carbons (Fsp3) is 1.00. The van der Waals surface area contributed by atoms with Crippen LogP contribution in [0.4, 0.5) is 4.39 Å². The Morgan fingerprint density at radius 3 is 2.18 bits per heavy atom. The molecular formula is C9H17FO. The van der Waals surface area contributed by atoms with Gasteiger partial charge >= 0.3 is 0 Å². The lowest BCUT2D eigenvalue weighted by atomic mass is 9.69. The van der Waals surface area contributed by atoms with Gasteiger partial charge in [0.2, 0.25) is 0 Å². The van der Waals surface area contributed by atoms with Crippen LogP contribution in [0.25, 0.3) is 0 Å². The molecule has 0 spiro atoms. The lowest BCUT2D eigenvalue weighted by Crippen LogP contribution is -2.44. The quantitative estimate of drug-likeness (QED) is 0.656. The van der Waals surface area contributed by atoms with Gasteiger partial charge in [-0.25, -0.2) is 4.39 Å². The van der Waals surface area contributed by atoms with Crippen molar-refractivity contribution in [2.75, 3.05) is 0 Å². The molecule has 1 atom stereocenters. The first kappa shape index (κ1) is 8.98. The highest BCUT2D eigenvalue weighted by molar-refractivity contribution is 4.94. The highest BCUT2D eigenvalue weighted by Gasteiger charge is 2.44. The largest absolute Gasteiger partial charge is 0.393 e. The molecule has 1 nitrogen and oxygen atoms in total. The second kappa shape index (κ2) is 2.74. The molecule has 0 aromatic rings. The first-order chi connectivity index (χ1) is 4.92. The summed E-state index contributed by atoms with van der Waals surface area (Å²) in [4.78, 5) is 0. The predicted molar refractivity (Wildman–Crippen MR) is 43.1 cm³/mol. The zero-order valence-electron chi connectivity index (χ0n) is 7.47. The smallest absolute Gasteiger partial charge is 0.109 e. The summed E-state index contributed by atoms with van der Waals surface area (Å²) < 4.78 is 13.0. The van der Waals surface area contributed by atoms with Crippen LogP contribution in [-0.4, -0.2) is 16.9 Å². The molecule has 0 aromatic heterocycles. The number of halogens is 1. The van der Waals surface area contributed by atoms with Crippen LogP contribution in [0.3, 0.4) is 0 Å². The molecule has 1 aliphatic rings. The van der Waals surface area contributed by atoms with Crippen molar-refractivity contribution < 1.29 is 9.50 Å². The molecule has 1 rings (SSSR count). The Bertz CT molecular complexity index is 134. The average molecular weight is 160 g/mol. The van der Waals surface area contributed by atoms with Crippen LogP contribution in [0.5, 0.6) is 0 Å². The molecule has 1 N–H and O–H groups in total. The van der Waals surface area contributed by atoms with E-state index in [0.717, 1.165) is 0 Å². The van der Waals surface area contributed by atoms with Crippen LogP contribution >= 0.6 is 0 Å². The summed E-state index contributed by atoms with van der Waals surface area (Å²) in [7, 11) is 0. The Morgan fingerprint density at radius 2 is 1.91 bits per heavy atom. The Morgan fingerprint density at radius 1 is 1.45 bits per heavy atom. The van der Waals surface area contributed by atoms with E-state index in [9.17, 15) is 9.50 Å². The first-order valence-electron chi connectivity index (χ1n) is 4.29. The number of hydrogen-bond donors (Lipinski definition) is 1. The van der Waals surface area contributed by atoms with E-state index < -0.39 is 5.67 Å². The Labute approximate surface area is 67.6 Å². The van der Waals surface area contributed by atoms with E-state index in [-0.39, 0.29) is 17.9 Å². The van der Waals surface area contributed by atoms with Crippen molar-refractivity contribution in [3.63, 3.8) is 0 Å².